The van der Waals surface area contributed by atoms with E-state index in [-0.39, 0.29) is 16.8 Å². The Morgan fingerprint density at radius 2 is 1.84 bits per heavy atom. The molecule has 2 aliphatic carbocycles. The highest BCUT2D eigenvalue weighted by Gasteiger charge is 2.34. The van der Waals surface area contributed by atoms with Crippen molar-refractivity contribution in [1.82, 2.24) is 0 Å². The van der Waals surface area contributed by atoms with Crippen LogP contribution in [0.5, 0.6) is 0 Å². The highest BCUT2D eigenvalue weighted by molar-refractivity contribution is 6.33. The van der Waals surface area contributed by atoms with E-state index in [1.807, 2.05) is 0 Å². The summed E-state index contributed by atoms with van der Waals surface area (Å²) in [7, 11) is 0. The van der Waals surface area contributed by atoms with E-state index in [0.29, 0.717) is 0 Å². The minimum absolute atomic E-state index is 0.131. The Morgan fingerprint density at radius 1 is 1.05 bits per heavy atom. The molecule has 0 aliphatic heterocycles. The zero-order chi connectivity index (χ0) is 13.4. The van der Waals surface area contributed by atoms with Crippen molar-refractivity contribution in [2.45, 2.75) is 44.6 Å². The third-order valence-electron chi connectivity index (χ3n) is 4.36. The second-order valence-electron chi connectivity index (χ2n) is 5.85. The molecule has 0 bridgehead atoms. The summed E-state index contributed by atoms with van der Waals surface area (Å²) in [5.41, 5.74) is 0.254. The first kappa shape index (κ1) is 13.2. The summed E-state index contributed by atoms with van der Waals surface area (Å²) in [4.78, 5) is 0. The standard InChI is InChI=1S/C15H18ClF2N/c16-13-7-11(17)8-14(18)15(13)19-12-3-1-2-10(6-12)9-4-5-9/h7-10,12,19H,1-6H2. The zero-order valence-electron chi connectivity index (χ0n) is 10.8. The van der Waals surface area contributed by atoms with Crippen molar-refractivity contribution in [2.24, 2.45) is 11.8 Å². The Kier molecular flexibility index (Phi) is 3.66. The van der Waals surface area contributed by atoms with Gasteiger partial charge < -0.3 is 5.32 Å². The van der Waals surface area contributed by atoms with E-state index in [9.17, 15) is 8.78 Å². The molecule has 2 atom stereocenters. The smallest absolute Gasteiger partial charge is 0.150 e. The molecule has 0 radical (unpaired) electrons. The van der Waals surface area contributed by atoms with E-state index < -0.39 is 11.6 Å². The summed E-state index contributed by atoms with van der Waals surface area (Å²) in [6.07, 6.45) is 7.29. The van der Waals surface area contributed by atoms with Crippen molar-refractivity contribution in [2.75, 3.05) is 5.32 Å². The van der Waals surface area contributed by atoms with E-state index in [4.69, 9.17) is 11.6 Å². The molecule has 19 heavy (non-hydrogen) atoms. The van der Waals surface area contributed by atoms with E-state index in [0.717, 1.165) is 36.8 Å². The quantitative estimate of drug-likeness (QED) is 0.824. The van der Waals surface area contributed by atoms with Crippen LogP contribution >= 0.6 is 11.6 Å². The second kappa shape index (κ2) is 5.28. The first-order valence-electron chi connectivity index (χ1n) is 7.04. The Morgan fingerprint density at radius 3 is 2.53 bits per heavy atom. The van der Waals surface area contributed by atoms with Crippen molar-refractivity contribution >= 4 is 17.3 Å². The lowest BCUT2D eigenvalue weighted by Crippen LogP contribution is -2.28. The normalized spacial score (nSPS) is 27.3. The average molecular weight is 286 g/mol. The maximum atomic E-state index is 13.7. The number of hydrogen-bond donors (Lipinski definition) is 1. The molecule has 2 unspecified atom stereocenters. The van der Waals surface area contributed by atoms with Gasteiger partial charge in [-0.3, -0.25) is 0 Å². The molecular weight excluding hydrogens is 268 g/mol. The molecule has 2 fully saturated rings. The number of halogens is 3. The molecule has 1 aromatic carbocycles. The Labute approximate surface area is 117 Å². The highest BCUT2D eigenvalue weighted by atomic mass is 35.5. The Balaban J connectivity index is 1.70. The zero-order valence-corrected chi connectivity index (χ0v) is 11.5. The molecule has 4 heteroatoms. The molecule has 1 aromatic rings. The molecule has 104 valence electrons. The predicted octanol–water partition coefficient (Wildman–Crippen LogP) is 5.00. The molecule has 2 saturated carbocycles. The lowest BCUT2D eigenvalue weighted by molar-refractivity contribution is 0.302. The van der Waals surface area contributed by atoms with Crippen molar-refractivity contribution in [3.8, 4) is 0 Å². The predicted molar refractivity (Wildman–Crippen MR) is 73.5 cm³/mol. The molecule has 0 saturated heterocycles. The monoisotopic (exact) mass is 285 g/mol. The minimum atomic E-state index is -0.632. The molecule has 0 spiro atoms. The summed E-state index contributed by atoms with van der Waals surface area (Å²) < 4.78 is 26.8. The van der Waals surface area contributed by atoms with Crippen LogP contribution in [0.25, 0.3) is 0 Å². The van der Waals surface area contributed by atoms with Gasteiger partial charge in [-0.1, -0.05) is 24.4 Å². The fourth-order valence-electron chi connectivity index (χ4n) is 3.24. The molecule has 2 aliphatic rings. The summed E-state index contributed by atoms with van der Waals surface area (Å²) in [6.45, 7) is 0. The third kappa shape index (κ3) is 3.02. The number of rotatable bonds is 3. The van der Waals surface area contributed by atoms with Crippen molar-refractivity contribution in [1.29, 1.82) is 0 Å². The van der Waals surface area contributed by atoms with Crippen LogP contribution in [0.1, 0.15) is 38.5 Å². The van der Waals surface area contributed by atoms with E-state index in [1.54, 1.807) is 0 Å². The molecule has 1 N–H and O–H groups in total. The van der Waals surface area contributed by atoms with Gasteiger partial charge in [0.15, 0.2) is 5.82 Å². The summed E-state index contributed by atoms with van der Waals surface area (Å²) in [5, 5.41) is 3.31. The summed E-state index contributed by atoms with van der Waals surface area (Å²) in [5.74, 6) is 0.428. The molecule has 3 rings (SSSR count). The maximum absolute atomic E-state index is 13.7. The van der Waals surface area contributed by atoms with Gasteiger partial charge in [0, 0.05) is 12.1 Å². The fraction of sp³-hybridized carbons (Fsp3) is 0.600. The van der Waals surface area contributed by atoms with Gasteiger partial charge >= 0.3 is 0 Å². The highest BCUT2D eigenvalue weighted by Crippen LogP contribution is 2.44. The van der Waals surface area contributed by atoms with Gasteiger partial charge in [0.25, 0.3) is 0 Å². The molecular formula is C15H18ClF2N. The van der Waals surface area contributed by atoms with E-state index in [2.05, 4.69) is 5.32 Å². The van der Waals surface area contributed by atoms with Crippen LogP contribution in [-0.4, -0.2) is 6.04 Å². The van der Waals surface area contributed by atoms with Crippen LogP contribution in [0.3, 0.4) is 0 Å². The van der Waals surface area contributed by atoms with Crippen molar-refractivity contribution in [3.63, 3.8) is 0 Å². The van der Waals surface area contributed by atoms with E-state index >= 15 is 0 Å². The van der Waals surface area contributed by atoms with Gasteiger partial charge in [-0.05, 0) is 43.6 Å². The van der Waals surface area contributed by atoms with E-state index in [1.165, 1.54) is 25.7 Å². The summed E-state index contributed by atoms with van der Waals surface area (Å²) >= 11 is 5.92. The minimum Gasteiger partial charge on any atom is -0.379 e. The van der Waals surface area contributed by atoms with Gasteiger partial charge in [0.1, 0.15) is 5.82 Å². The third-order valence-corrected chi connectivity index (χ3v) is 4.66. The largest absolute Gasteiger partial charge is 0.379 e. The van der Waals surface area contributed by atoms with Crippen LogP contribution in [0, 0.1) is 23.5 Å². The number of anilines is 1. The van der Waals surface area contributed by atoms with Crippen molar-refractivity contribution < 1.29 is 8.78 Å². The lowest BCUT2D eigenvalue weighted by atomic mass is 9.82. The maximum Gasteiger partial charge on any atom is 0.150 e. The van der Waals surface area contributed by atoms with Crippen molar-refractivity contribution in [3.05, 3.63) is 28.8 Å². The second-order valence-corrected chi connectivity index (χ2v) is 6.26. The molecule has 0 aromatic heterocycles. The molecule has 0 heterocycles. The first-order chi connectivity index (χ1) is 9.13. The Bertz CT molecular complexity index is 450. The number of benzene rings is 1. The van der Waals surface area contributed by atoms with Crippen LogP contribution < -0.4 is 5.32 Å². The van der Waals surface area contributed by atoms with Gasteiger partial charge in [0.05, 0.1) is 10.7 Å². The molecule has 0 amide bonds. The van der Waals surface area contributed by atoms with Gasteiger partial charge in [-0.25, -0.2) is 8.78 Å². The topological polar surface area (TPSA) is 12.0 Å². The molecule has 1 nitrogen and oxygen atoms in total. The lowest BCUT2D eigenvalue weighted by Gasteiger charge is -2.31. The van der Waals surface area contributed by atoms with Crippen LogP contribution in [0.15, 0.2) is 12.1 Å². The van der Waals surface area contributed by atoms with Crippen LogP contribution in [0.4, 0.5) is 14.5 Å². The first-order valence-corrected chi connectivity index (χ1v) is 7.42. The average Bonchev–Trinajstić information content (AvgIpc) is 3.18. The fourth-order valence-corrected chi connectivity index (χ4v) is 3.49. The van der Waals surface area contributed by atoms with Gasteiger partial charge in [-0.15, -0.1) is 0 Å². The van der Waals surface area contributed by atoms with Gasteiger partial charge in [0.2, 0.25) is 0 Å². The SMILES string of the molecule is Fc1cc(F)c(NC2CCCC(C3CC3)C2)c(Cl)c1. The number of nitrogens with one attached hydrogen (secondary N) is 1. The van der Waals surface area contributed by atoms with Gasteiger partial charge in [-0.2, -0.15) is 0 Å². The van der Waals surface area contributed by atoms with Crippen LogP contribution in [-0.2, 0) is 0 Å². The number of hydrogen-bond acceptors (Lipinski definition) is 1. The van der Waals surface area contributed by atoms with Crippen LogP contribution in [0.2, 0.25) is 5.02 Å². The summed E-state index contributed by atoms with van der Waals surface area (Å²) in [6, 6.07) is 2.31. The Hall–Kier alpha value is -0.830.